The molecular weight excluding hydrogens is 308 g/mol. The van der Waals surface area contributed by atoms with Crippen molar-refractivity contribution in [3.8, 4) is 0 Å². The Hall–Kier alpha value is -1.08. The summed E-state index contributed by atoms with van der Waals surface area (Å²) in [5, 5.41) is 0. The van der Waals surface area contributed by atoms with Gasteiger partial charge in [0.15, 0.2) is 0 Å². The van der Waals surface area contributed by atoms with Gasteiger partial charge in [-0.05, 0) is 67.9 Å². The van der Waals surface area contributed by atoms with E-state index in [2.05, 4.69) is 79.2 Å². The second-order valence-electron chi connectivity index (χ2n) is 5.69. The van der Waals surface area contributed by atoms with E-state index in [1.54, 1.807) is 0 Å². The minimum absolute atomic E-state index is 0.546. The molecule has 0 saturated heterocycles. The Morgan fingerprint density at radius 1 is 0.900 bits per heavy atom. The first-order valence-electron chi connectivity index (χ1n) is 7.31. The molecule has 20 heavy (non-hydrogen) atoms. The Morgan fingerprint density at radius 3 is 2.35 bits per heavy atom. The van der Waals surface area contributed by atoms with Gasteiger partial charge < -0.3 is 0 Å². The summed E-state index contributed by atoms with van der Waals surface area (Å²) in [4.78, 5) is 0.546. The summed E-state index contributed by atoms with van der Waals surface area (Å²) >= 11 is 3.84. The quantitative estimate of drug-likeness (QED) is 0.630. The van der Waals surface area contributed by atoms with Crippen LogP contribution in [0.1, 0.15) is 34.2 Å². The predicted molar refractivity (Wildman–Crippen MR) is 91.8 cm³/mol. The third-order valence-corrected chi connectivity index (χ3v) is 4.80. The molecule has 0 radical (unpaired) electrons. The fraction of sp³-hybridized carbons (Fsp3) is 0.368. The van der Waals surface area contributed by atoms with Crippen LogP contribution in [0.5, 0.6) is 0 Å². The number of aryl methyl sites for hydroxylation is 4. The summed E-state index contributed by atoms with van der Waals surface area (Å²) in [6, 6.07) is 15.5. The van der Waals surface area contributed by atoms with Gasteiger partial charge in [0.1, 0.15) is 0 Å². The largest absolute Gasteiger partial charge is 0.0887 e. The molecule has 0 nitrogen and oxygen atoms in total. The summed E-state index contributed by atoms with van der Waals surface area (Å²) in [6.45, 7) is 6.56. The third kappa shape index (κ3) is 4.21. The normalized spacial score (nSPS) is 12.4. The first kappa shape index (κ1) is 15.3. The SMILES string of the molecule is Cc1ccc(CC(Br)CCc2ccccc2C)cc1C. The zero-order valence-electron chi connectivity index (χ0n) is 12.6. The van der Waals surface area contributed by atoms with Crippen molar-refractivity contribution >= 4 is 15.9 Å². The zero-order valence-corrected chi connectivity index (χ0v) is 14.2. The molecular formula is C19H23Br. The molecule has 1 heteroatoms. The van der Waals surface area contributed by atoms with Crippen LogP contribution in [0.4, 0.5) is 0 Å². The van der Waals surface area contributed by atoms with E-state index < -0.39 is 0 Å². The van der Waals surface area contributed by atoms with Crippen LogP contribution in [0.2, 0.25) is 0 Å². The molecule has 0 aromatic heterocycles. The lowest BCUT2D eigenvalue weighted by Gasteiger charge is -2.12. The standard InChI is InChI=1S/C19H23Br/c1-14-8-9-17(12-16(14)3)13-19(20)11-10-18-7-5-4-6-15(18)2/h4-9,12,19H,10-11,13H2,1-3H3. The molecule has 2 rings (SSSR count). The van der Waals surface area contributed by atoms with E-state index >= 15 is 0 Å². The predicted octanol–water partition coefficient (Wildman–Crippen LogP) is 5.55. The van der Waals surface area contributed by atoms with Gasteiger partial charge in [0.25, 0.3) is 0 Å². The van der Waals surface area contributed by atoms with Crippen LogP contribution in [-0.4, -0.2) is 4.83 Å². The van der Waals surface area contributed by atoms with Crippen LogP contribution in [0, 0.1) is 20.8 Å². The average Bonchev–Trinajstić information content (AvgIpc) is 2.42. The van der Waals surface area contributed by atoms with Crippen LogP contribution in [0.3, 0.4) is 0 Å². The zero-order chi connectivity index (χ0) is 14.5. The molecule has 1 atom stereocenters. The van der Waals surface area contributed by atoms with Crippen molar-refractivity contribution in [3.05, 3.63) is 70.3 Å². The van der Waals surface area contributed by atoms with E-state index in [1.807, 2.05) is 0 Å². The number of hydrogen-bond donors (Lipinski definition) is 0. The summed E-state index contributed by atoms with van der Waals surface area (Å²) in [5.41, 5.74) is 7.07. The van der Waals surface area contributed by atoms with Gasteiger partial charge >= 0.3 is 0 Å². The monoisotopic (exact) mass is 330 g/mol. The number of rotatable bonds is 5. The van der Waals surface area contributed by atoms with Gasteiger partial charge in [0.2, 0.25) is 0 Å². The maximum Gasteiger partial charge on any atom is 0.0189 e. The van der Waals surface area contributed by atoms with Gasteiger partial charge in [-0.2, -0.15) is 0 Å². The minimum atomic E-state index is 0.546. The van der Waals surface area contributed by atoms with Gasteiger partial charge in [-0.3, -0.25) is 0 Å². The van der Waals surface area contributed by atoms with Crippen molar-refractivity contribution in [1.82, 2.24) is 0 Å². The van der Waals surface area contributed by atoms with Crippen molar-refractivity contribution in [2.24, 2.45) is 0 Å². The Morgan fingerprint density at radius 2 is 1.65 bits per heavy atom. The lowest BCUT2D eigenvalue weighted by molar-refractivity contribution is 0.760. The van der Waals surface area contributed by atoms with E-state index in [-0.39, 0.29) is 0 Å². The van der Waals surface area contributed by atoms with Crippen LogP contribution in [-0.2, 0) is 12.8 Å². The molecule has 0 aliphatic carbocycles. The Balaban J connectivity index is 1.91. The first-order valence-corrected chi connectivity index (χ1v) is 8.22. The van der Waals surface area contributed by atoms with Gasteiger partial charge in [-0.25, -0.2) is 0 Å². The summed E-state index contributed by atoms with van der Waals surface area (Å²) in [5.74, 6) is 0. The smallest absolute Gasteiger partial charge is 0.0189 e. The number of hydrogen-bond acceptors (Lipinski definition) is 0. The first-order chi connectivity index (χ1) is 9.56. The number of benzene rings is 2. The minimum Gasteiger partial charge on any atom is -0.0887 e. The van der Waals surface area contributed by atoms with E-state index in [1.165, 1.54) is 34.2 Å². The summed E-state index contributed by atoms with van der Waals surface area (Å²) < 4.78 is 0. The highest BCUT2D eigenvalue weighted by Crippen LogP contribution is 2.19. The second-order valence-corrected chi connectivity index (χ2v) is 6.98. The molecule has 0 aliphatic rings. The van der Waals surface area contributed by atoms with Gasteiger partial charge in [0.05, 0.1) is 0 Å². The maximum atomic E-state index is 3.84. The van der Waals surface area contributed by atoms with Gasteiger partial charge in [-0.15, -0.1) is 0 Å². The lowest BCUT2D eigenvalue weighted by Crippen LogP contribution is -2.05. The van der Waals surface area contributed by atoms with Gasteiger partial charge in [0, 0.05) is 4.83 Å². The summed E-state index contributed by atoms with van der Waals surface area (Å²) in [6.07, 6.45) is 3.43. The molecule has 106 valence electrons. The Bertz CT molecular complexity index is 572. The maximum absolute atomic E-state index is 3.84. The molecule has 2 aromatic rings. The van der Waals surface area contributed by atoms with Crippen LogP contribution < -0.4 is 0 Å². The highest BCUT2D eigenvalue weighted by molar-refractivity contribution is 9.09. The highest BCUT2D eigenvalue weighted by Gasteiger charge is 2.08. The molecule has 0 fully saturated rings. The molecule has 1 unspecified atom stereocenters. The van der Waals surface area contributed by atoms with Crippen molar-refractivity contribution in [1.29, 1.82) is 0 Å². The van der Waals surface area contributed by atoms with E-state index in [0.29, 0.717) is 4.83 Å². The third-order valence-electron chi connectivity index (χ3n) is 4.02. The van der Waals surface area contributed by atoms with E-state index in [0.717, 1.165) is 12.8 Å². The lowest BCUT2D eigenvalue weighted by atomic mass is 9.99. The number of alkyl halides is 1. The molecule has 0 N–H and O–H groups in total. The molecule has 0 spiro atoms. The van der Waals surface area contributed by atoms with Crippen molar-refractivity contribution in [2.75, 3.05) is 0 Å². The Kier molecular flexibility index (Phi) is 5.42. The van der Waals surface area contributed by atoms with Crippen LogP contribution in [0.25, 0.3) is 0 Å². The molecule has 0 heterocycles. The van der Waals surface area contributed by atoms with Crippen LogP contribution >= 0.6 is 15.9 Å². The molecule has 2 aromatic carbocycles. The van der Waals surface area contributed by atoms with Crippen molar-refractivity contribution in [2.45, 2.75) is 44.9 Å². The second kappa shape index (κ2) is 7.08. The average molecular weight is 331 g/mol. The Labute approximate surface area is 131 Å². The molecule has 0 saturated carbocycles. The van der Waals surface area contributed by atoms with Gasteiger partial charge in [-0.1, -0.05) is 58.4 Å². The van der Waals surface area contributed by atoms with E-state index in [9.17, 15) is 0 Å². The van der Waals surface area contributed by atoms with Crippen LogP contribution in [0.15, 0.2) is 42.5 Å². The van der Waals surface area contributed by atoms with E-state index in [4.69, 9.17) is 0 Å². The molecule has 0 aliphatic heterocycles. The fourth-order valence-electron chi connectivity index (χ4n) is 2.49. The van der Waals surface area contributed by atoms with Crippen molar-refractivity contribution in [3.63, 3.8) is 0 Å². The topological polar surface area (TPSA) is 0 Å². The molecule has 0 amide bonds. The number of halogens is 1. The molecule has 0 bridgehead atoms. The van der Waals surface area contributed by atoms with Crippen molar-refractivity contribution < 1.29 is 0 Å². The summed E-state index contributed by atoms with van der Waals surface area (Å²) in [7, 11) is 0. The fourth-order valence-corrected chi connectivity index (χ4v) is 3.09. The highest BCUT2D eigenvalue weighted by atomic mass is 79.9.